The van der Waals surface area contributed by atoms with Gasteiger partial charge >= 0.3 is 0 Å². The predicted molar refractivity (Wildman–Crippen MR) is 350 cm³/mol. The van der Waals surface area contributed by atoms with E-state index in [0.29, 0.717) is 75.1 Å². The molecule has 0 aromatic heterocycles. The molecule has 0 saturated heterocycles. The third-order valence-corrected chi connectivity index (χ3v) is 16.9. The first-order valence-electron chi connectivity index (χ1n) is 33.0. The van der Waals surface area contributed by atoms with E-state index < -0.39 is 0 Å². The van der Waals surface area contributed by atoms with Crippen molar-refractivity contribution in [3.8, 4) is 34.5 Å². The maximum atomic E-state index is 7.06. The van der Waals surface area contributed by atoms with Gasteiger partial charge in [-0.15, -0.1) is 0 Å². The first-order chi connectivity index (χ1) is 39.0. The smallest absolute Gasteiger partial charge is 0.127 e. The summed E-state index contributed by atoms with van der Waals surface area (Å²) in [5.74, 6) is 7.86. The molecular formula is C74H118O6. The summed E-state index contributed by atoms with van der Waals surface area (Å²) in [4.78, 5) is 0. The van der Waals surface area contributed by atoms with Crippen LogP contribution in [-0.4, -0.2) is 39.6 Å². The first kappa shape index (κ1) is 69.7. The predicted octanol–water partition coefficient (Wildman–Crippen LogP) is 22.9. The van der Waals surface area contributed by atoms with Crippen LogP contribution in [0.5, 0.6) is 34.5 Å². The number of hydrogen-bond donors (Lipinski definition) is 0. The molecule has 0 spiro atoms. The van der Waals surface area contributed by atoms with Crippen LogP contribution in [0.1, 0.15) is 271 Å². The largest absolute Gasteiger partial charge is 0.493 e. The van der Waals surface area contributed by atoms with Crippen LogP contribution in [0, 0.1) is 35.5 Å². The van der Waals surface area contributed by atoms with Gasteiger partial charge in [-0.3, -0.25) is 0 Å². The third-order valence-electron chi connectivity index (χ3n) is 16.9. The molecule has 0 saturated carbocycles. The Balaban J connectivity index is 2.39. The lowest BCUT2D eigenvalue weighted by molar-refractivity contribution is 0.227. The van der Waals surface area contributed by atoms with Gasteiger partial charge in [-0.2, -0.15) is 0 Å². The van der Waals surface area contributed by atoms with Gasteiger partial charge in [0.1, 0.15) is 34.5 Å². The van der Waals surface area contributed by atoms with Crippen LogP contribution in [-0.2, 0) is 0 Å². The minimum atomic E-state index is 0.445. The van der Waals surface area contributed by atoms with Gasteiger partial charge in [0.2, 0.25) is 0 Å². The van der Waals surface area contributed by atoms with Crippen LogP contribution in [0.4, 0.5) is 0 Å². The van der Waals surface area contributed by atoms with E-state index in [4.69, 9.17) is 28.4 Å². The number of ether oxygens (including phenoxy) is 6. The first-order valence-corrected chi connectivity index (χ1v) is 33.0. The highest BCUT2D eigenvalue weighted by Crippen LogP contribution is 2.39. The molecule has 0 aliphatic heterocycles. The quantitative estimate of drug-likeness (QED) is 0.0525. The summed E-state index contributed by atoms with van der Waals surface area (Å²) >= 11 is 0. The number of hydrogen-bond acceptors (Lipinski definition) is 6. The van der Waals surface area contributed by atoms with E-state index in [2.05, 4.69) is 157 Å². The fourth-order valence-corrected chi connectivity index (χ4v) is 10.4. The van der Waals surface area contributed by atoms with Gasteiger partial charge in [0, 0.05) is 33.4 Å². The molecule has 450 valence electrons. The Morgan fingerprint density at radius 2 is 0.438 bits per heavy atom. The van der Waals surface area contributed by atoms with E-state index in [-0.39, 0.29) is 0 Å². The lowest BCUT2D eigenvalue weighted by atomic mass is 9.99. The zero-order chi connectivity index (χ0) is 58.3. The van der Waals surface area contributed by atoms with Crippen molar-refractivity contribution >= 4 is 36.5 Å². The molecule has 0 aliphatic rings. The lowest BCUT2D eigenvalue weighted by Crippen LogP contribution is -2.14. The topological polar surface area (TPSA) is 55.4 Å². The fraction of sp³-hybridized carbons (Fsp3) is 0.649. The van der Waals surface area contributed by atoms with Crippen LogP contribution < -0.4 is 28.4 Å². The maximum absolute atomic E-state index is 7.06. The van der Waals surface area contributed by atoms with Gasteiger partial charge in [-0.05, 0) is 110 Å². The molecule has 0 radical (unpaired) electrons. The lowest BCUT2D eigenvalue weighted by Gasteiger charge is -2.21. The van der Waals surface area contributed by atoms with Crippen LogP contribution in [0.25, 0.3) is 36.5 Å². The SMILES string of the molecule is C=Cc1cc(OCC(CC)CCCC)c(/C=C/c2cc(OCC(CC)CCCC)c(/C=C/c3cc(OCC(CC)CCCC)c(C=C)cc3OCC(CC)CCCC)cc2OCC(CC)CCCC)cc1OCC(CC)CCCC. The minimum absolute atomic E-state index is 0.445. The average molecular weight is 1100 g/mol. The summed E-state index contributed by atoms with van der Waals surface area (Å²) in [5.41, 5.74) is 5.78. The Morgan fingerprint density at radius 3 is 0.588 bits per heavy atom. The highest BCUT2D eigenvalue weighted by molar-refractivity contribution is 5.82. The molecule has 0 N–H and O–H groups in total. The van der Waals surface area contributed by atoms with E-state index in [1.54, 1.807) is 0 Å². The second kappa shape index (κ2) is 42.3. The molecule has 0 aliphatic carbocycles. The van der Waals surface area contributed by atoms with Crippen LogP contribution in [0.15, 0.2) is 49.6 Å². The van der Waals surface area contributed by atoms with Crippen LogP contribution >= 0.6 is 0 Å². The normalized spacial score (nSPS) is 13.9. The van der Waals surface area contributed by atoms with Gasteiger partial charge in [0.05, 0.1) is 39.6 Å². The average Bonchev–Trinajstić information content (AvgIpc) is 3.48. The van der Waals surface area contributed by atoms with Gasteiger partial charge in [-0.25, -0.2) is 0 Å². The molecule has 3 aromatic carbocycles. The molecule has 6 heteroatoms. The molecule has 80 heavy (non-hydrogen) atoms. The van der Waals surface area contributed by atoms with Crippen molar-refractivity contribution in [1.82, 2.24) is 0 Å². The summed E-state index contributed by atoms with van der Waals surface area (Å²) in [6.45, 7) is 39.8. The second-order valence-electron chi connectivity index (χ2n) is 23.2. The minimum Gasteiger partial charge on any atom is -0.493 e. The van der Waals surface area contributed by atoms with E-state index in [1.807, 2.05) is 12.2 Å². The van der Waals surface area contributed by atoms with Gasteiger partial charge in [-0.1, -0.05) is 248 Å². The number of rotatable bonds is 48. The summed E-state index contributed by atoms with van der Waals surface area (Å²) in [5, 5.41) is 0. The summed E-state index contributed by atoms with van der Waals surface area (Å²) in [7, 11) is 0. The number of unbranched alkanes of at least 4 members (excludes halogenated alkanes) is 6. The fourth-order valence-electron chi connectivity index (χ4n) is 10.4. The second-order valence-corrected chi connectivity index (χ2v) is 23.2. The van der Waals surface area contributed by atoms with Crippen molar-refractivity contribution in [2.75, 3.05) is 39.6 Å². The Hall–Kier alpha value is -4.58. The standard InChI is InChI=1S/C74H118O6/c1-15-29-35-57(21-7)51-75-69-47-65(71(45-63(69)27-13)77-53-59(23-9)37-31-17-3)41-43-67-49-74(80-56-62(26-12)40-34-20-6)68(50-73(67)79-55-61(25-11)39-33-19-5)44-42-66-48-70(76-52-58(22-8)36-30-16-2)64(28-14)46-72(66)78-54-60(24-10)38-32-18-4/h27-28,41-50,57-62H,13-26,29-40,51-56H2,1-12H3/b43-41+,44-42+. The highest BCUT2D eigenvalue weighted by atomic mass is 16.5. The summed E-state index contributed by atoms with van der Waals surface area (Å²) in [6.07, 6.45) is 40.3. The summed E-state index contributed by atoms with van der Waals surface area (Å²) < 4.78 is 41.3. The van der Waals surface area contributed by atoms with Crippen molar-refractivity contribution in [3.05, 3.63) is 82.9 Å². The van der Waals surface area contributed by atoms with Crippen molar-refractivity contribution in [2.24, 2.45) is 35.5 Å². The number of benzene rings is 3. The Labute approximate surface area is 492 Å². The van der Waals surface area contributed by atoms with E-state index >= 15 is 0 Å². The zero-order valence-corrected chi connectivity index (χ0v) is 53.5. The van der Waals surface area contributed by atoms with Crippen LogP contribution in [0.3, 0.4) is 0 Å². The van der Waals surface area contributed by atoms with E-state index in [9.17, 15) is 0 Å². The van der Waals surface area contributed by atoms with Crippen molar-refractivity contribution < 1.29 is 28.4 Å². The van der Waals surface area contributed by atoms with Crippen LogP contribution in [0.2, 0.25) is 0 Å². The third kappa shape index (κ3) is 25.3. The van der Waals surface area contributed by atoms with E-state index in [1.165, 1.54) is 77.0 Å². The molecule has 6 nitrogen and oxygen atoms in total. The molecular weight excluding hydrogens is 985 g/mol. The van der Waals surface area contributed by atoms with Crippen molar-refractivity contribution in [1.29, 1.82) is 0 Å². The monoisotopic (exact) mass is 1100 g/mol. The Morgan fingerprint density at radius 1 is 0.275 bits per heavy atom. The van der Waals surface area contributed by atoms with E-state index in [0.717, 1.165) is 145 Å². The molecule has 6 atom stereocenters. The van der Waals surface area contributed by atoms with Gasteiger partial charge < -0.3 is 28.4 Å². The molecule has 3 aromatic rings. The Kier molecular flexibility index (Phi) is 36.8. The molecule has 0 bridgehead atoms. The molecule has 0 heterocycles. The summed E-state index contributed by atoms with van der Waals surface area (Å²) in [6, 6.07) is 13.0. The molecule has 0 amide bonds. The van der Waals surface area contributed by atoms with Gasteiger partial charge in [0.15, 0.2) is 0 Å². The molecule has 6 unspecified atom stereocenters. The highest BCUT2D eigenvalue weighted by Gasteiger charge is 2.20. The molecule has 0 fully saturated rings. The van der Waals surface area contributed by atoms with Gasteiger partial charge in [0.25, 0.3) is 0 Å². The van der Waals surface area contributed by atoms with Crippen molar-refractivity contribution in [2.45, 2.75) is 237 Å². The van der Waals surface area contributed by atoms with Crippen molar-refractivity contribution in [3.63, 3.8) is 0 Å². The Bertz CT molecular complexity index is 2030. The molecule has 3 rings (SSSR count). The maximum Gasteiger partial charge on any atom is 0.127 e. The zero-order valence-electron chi connectivity index (χ0n) is 53.5.